The molecule has 0 heterocycles. The maximum absolute atomic E-state index is 13.0. The van der Waals surface area contributed by atoms with E-state index in [9.17, 15) is 9.50 Å². The van der Waals surface area contributed by atoms with E-state index in [2.05, 4.69) is 10.3 Å². The number of hydrogen-bond acceptors (Lipinski definition) is 2. The van der Waals surface area contributed by atoms with E-state index in [-0.39, 0.29) is 23.8 Å². The lowest BCUT2D eigenvalue weighted by molar-refractivity contribution is 0.212. The Kier molecular flexibility index (Phi) is 4.34. The molecule has 4 N–H and O–H groups in total. The van der Waals surface area contributed by atoms with Crippen LogP contribution in [0.5, 0.6) is 0 Å². The molecule has 0 spiro atoms. The van der Waals surface area contributed by atoms with Gasteiger partial charge in [-0.05, 0) is 42.9 Å². The Morgan fingerprint density at radius 2 is 2.00 bits per heavy atom. The minimum absolute atomic E-state index is 0.0786. The highest BCUT2D eigenvalue weighted by molar-refractivity contribution is 5.78. The standard InChI is InChI=1S/C17H24FN3O/c18-13-7-5-12(6-8-13)15-9-17(15,11-22)10-20-16(19)21-14-3-1-2-4-14/h5-8,14-15,22H,1-4,9-11H2,(H3,19,20,21). The summed E-state index contributed by atoms with van der Waals surface area (Å²) in [6.07, 6.45) is 5.67. The van der Waals surface area contributed by atoms with Crippen LogP contribution in [-0.2, 0) is 0 Å². The molecular weight excluding hydrogens is 281 g/mol. The molecule has 2 aliphatic carbocycles. The van der Waals surface area contributed by atoms with Crippen molar-refractivity contribution >= 4 is 5.96 Å². The first-order valence-corrected chi connectivity index (χ1v) is 8.06. The summed E-state index contributed by atoms with van der Waals surface area (Å²) in [5.74, 6) is 0.479. The third-order valence-corrected chi connectivity index (χ3v) is 5.05. The predicted molar refractivity (Wildman–Crippen MR) is 85.2 cm³/mol. The van der Waals surface area contributed by atoms with Crippen molar-refractivity contribution in [3.8, 4) is 0 Å². The quantitative estimate of drug-likeness (QED) is 0.576. The van der Waals surface area contributed by atoms with E-state index in [4.69, 9.17) is 5.73 Å². The first kappa shape index (κ1) is 15.3. The number of hydrogen-bond donors (Lipinski definition) is 3. The lowest BCUT2D eigenvalue weighted by atomic mass is 10.00. The molecule has 1 aromatic rings. The highest BCUT2D eigenvalue weighted by atomic mass is 19.1. The number of nitrogens with zero attached hydrogens (tertiary/aromatic N) is 1. The number of rotatable bonds is 5. The molecule has 0 radical (unpaired) electrons. The molecule has 2 aliphatic rings. The number of benzene rings is 1. The van der Waals surface area contributed by atoms with Crippen LogP contribution in [0.2, 0.25) is 0 Å². The Bertz CT molecular complexity index is 539. The van der Waals surface area contributed by atoms with Gasteiger partial charge in [0.1, 0.15) is 5.82 Å². The highest BCUT2D eigenvalue weighted by Gasteiger charge is 2.54. The van der Waals surface area contributed by atoms with E-state index in [1.807, 2.05) is 0 Å². The van der Waals surface area contributed by atoms with Gasteiger partial charge in [0.05, 0.1) is 13.2 Å². The fraction of sp³-hybridized carbons (Fsp3) is 0.588. The number of halogens is 1. The monoisotopic (exact) mass is 305 g/mol. The van der Waals surface area contributed by atoms with E-state index < -0.39 is 0 Å². The van der Waals surface area contributed by atoms with Crippen molar-refractivity contribution in [1.82, 2.24) is 5.32 Å². The number of aliphatic hydroxyl groups excluding tert-OH is 1. The van der Waals surface area contributed by atoms with Crippen LogP contribution in [0.4, 0.5) is 4.39 Å². The molecular formula is C17H24FN3O. The molecule has 0 amide bonds. The third kappa shape index (κ3) is 3.24. The molecule has 0 aromatic heterocycles. The molecule has 22 heavy (non-hydrogen) atoms. The zero-order chi connectivity index (χ0) is 15.6. The van der Waals surface area contributed by atoms with E-state index in [1.165, 1.54) is 25.0 Å². The molecule has 2 atom stereocenters. The summed E-state index contributed by atoms with van der Waals surface area (Å²) in [5.41, 5.74) is 6.78. The van der Waals surface area contributed by atoms with E-state index >= 15 is 0 Å². The van der Waals surface area contributed by atoms with E-state index in [0.29, 0.717) is 18.5 Å². The summed E-state index contributed by atoms with van der Waals surface area (Å²) in [6.45, 7) is 0.590. The molecule has 0 bridgehead atoms. The molecule has 0 aliphatic heterocycles. The van der Waals surface area contributed by atoms with E-state index in [0.717, 1.165) is 24.8 Å². The largest absolute Gasteiger partial charge is 0.396 e. The van der Waals surface area contributed by atoms with Gasteiger partial charge in [0.15, 0.2) is 5.96 Å². The van der Waals surface area contributed by atoms with Crippen LogP contribution in [0.3, 0.4) is 0 Å². The lowest BCUT2D eigenvalue weighted by Crippen LogP contribution is -2.39. The number of aliphatic hydroxyl groups is 1. The van der Waals surface area contributed by atoms with Gasteiger partial charge in [0, 0.05) is 11.5 Å². The fourth-order valence-corrected chi connectivity index (χ4v) is 3.48. The zero-order valence-electron chi connectivity index (χ0n) is 12.8. The molecule has 2 unspecified atom stereocenters. The van der Waals surface area contributed by atoms with Crippen molar-refractivity contribution < 1.29 is 9.50 Å². The first-order chi connectivity index (χ1) is 10.6. The van der Waals surface area contributed by atoms with E-state index in [1.54, 1.807) is 12.1 Å². The van der Waals surface area contributed by atoms with Gasteiger partial charge in [-0.3, -0.25) is 4.99 Å². The second-order valence-corrected chi connectivity index (χ2v) is 6.66. The van der Waals surface area contributed by atoms with Crippen molar-refractivity contribution in [3.05, 3.63) is 35.6 Å². The molecule has 2 fully saturated rings. The van der Waals surface area contributed by atoms with Gasteiger partial charge in [0.2, 0.25) is 0 Å². The van der Waals surface area contributed by atoms with Crippen molar-refractivity contribution in [2.24, 2.45) is 16.1 Å². The minimum Gasteiger partial charge on any atom is -0.396 e. The molecule has 2 saturated carbocycles. The summed E-state index contributed by atoms with van der Waals surface area (Å²) >= 11 is 0. The van der Waals surface area contributed by atoms with Gasteiger partial charge < -0.3 is 16.2 Å². The Balaban J connectivity index is 1.59. The maximum Gasteiger partial charge on any atom is 0.188 e. The average molecular weight is 305 g/mol. The van der Waals surface area contributed by atoms with Crippen LogP contribution in [0.1, 0.15) is 43.6 Å². The van der Waals surface area contributed by atoms with Gasteiger partial charge in [-0.25, -0.2) is 4.39 Å². The SMILES string of the molecule is NC(=NCC1(CO)CC1c1ccc(F)cc1)NC1CCCC1. The Morgan fingerprint density at radius 1 is 1.32 bits per heavy atom. The number of nitrogens with one attached hydrogen (secondary N) is 1. The van der Waals surface area contributed by atoms with Crippen LogP contribution < -0.4 is 11.1 Å². The van der Waals surface area contributed by atoms with Crippen LogP contribution >= 0.6 is 0 Å². The van der Waals surface area contributed by atoms with Gasteiger partial charge in [-0.2, -0.15) is 0 Å². The van der Waals surface area contributed by atoms with Crippen LogP contribution in [0.25, 0.3) is 0 Å². The smallest absolute Gasteiger partial charge is 0.188 e. The van der Waals surface area contributed by atoms with Gasteiger partial charge >= 0.3 is 0 Å². The zero-order valence-corrected chi connectivity index (χ0v) is 12.8. The summed E-state index contributed by atoms with van der Waals surface area (Å²) in [6, 6.07) is 6.97. The van der Waals surface area contributed by atoms with Crippen molar-refractivity contribution in [2.75, 3.05) is 13.2 Å². The second kappa shape index (κ2) is 6.24. The second-order valence-electron chi connectivity index (χ2n) is 6.66. The molecule has 5 heteroatoms. The fourth-order valence-electron chi connectivity index (χ4n) is 3.48. The van der Waals surface area contributed by atoms with Gasteiger partial charge in [-0.15, -0.1) is 0 Å². The maximum atomic E-state index is 13.0. The van der Waals surface area contributed by atoms with Crippen molar-refractivity contribution in [2.45, 2.75) is 44.1 Å². The summed E-state index contributed by atoms with van der Waals surface area (Å²) in [7, 11) is 0. The number of aliphatic imine (C=N–C) groups is 1. The summed E-state index contributed by atoms with van der Waals surface area (Å²) in [5, 5.41) is 13.0. The number of nitrogens with two attached hydrogens (primary N) is 1. The van der Waals surface area contributed by atoms with Crippen molar-refractivity contribution in [3.63, 3.8) is 0 Å². The summed E-state index contributed by atoms with van der Waals surface area (Å²) in [4.78, 5) is 4.44. The van der Waals surface area contributed by atoms with Crippen molar-refractivity contribution in [1.29, 1.82) is 0 Å². The molecule has 3 rings (SSSR count). The van der Waals surface area contributed by atoms with Gasteiger partial charge in [-0.1, -0.05) is 25.0 Å². The van der Waals surface area contributed by atoms with Crippen LogP contribution in [0, 0.1) is 11.2 Å². The normalized spacial score (nSPS) is 28.8. The molecule has 0 saturated heterocycles. The average Bonchev–Trinajstić information content (AvgIpc) is 3.02. The molecule has 4 nitrogen and oxygen atoms in total. The summed E-state index contributed by atoms with van der Waals surface area (Å²) < 4.78 is 13.0. The Hall–Kier alpha value is -1.62. The molecule has 1 aromatic carbocycles. The van der Waals surface area contributed by atoms with Crippen LogP contribution in [-0.4, -0.2) is 30.3 Å². The topological polar surface area (TPSA) is 70.6 Å². The molecule has 120 valence electrons. The highest BCUT2D eigenvalue weighted by Crippen LogP contribution is 2.59. The minimum atomic E-state index is -0.236. The number of guanidine groups is 1. The Morgan fingerprint density at radius 3 is 2.64 bits per heavy atom. The Labute approximate surface area is 130 Å². The van der Waals surface area contributed by atoms with Gasteiger partial charge in [0.25, 0.3) is 0 Å². The first-order valence-electron chi connectivity index (χ1n) is 8.06. The third-order valence-electron chi connectivity index (χ3n) is 5.05. The lowest BCUT2D eigenvalue weighted by Gasteiger charge is -2.15. The van der Waals surface area contributed by atoms with Crippen LogP contribution in [0.15, 0.2) is 29.3 Å². The predicted octanol–water partition coefficient (Wildman–Crippen LogP) is 2.14.